The fourth-order valence-electron chi connectivity index (χ4n) is 7.67. The molecule has 0 saturated heterocycles. The first-order valence-electron chi connectivity index (χ1n) is 23.0. The van der Waals surface area contributed by atoms with Crippen LogP contribution in [0, 0.1) is 17.8 Å². The molecule has 0 spiro atoms. The number of aliphatic hydroxyl groups is 3. The lowest BCUT2D eigenvalue weighted by Crippen LogP contribution is -2.29. The van der Waals surface area contributed by atoms with Crippen LogP contribution in [0.15, 0.2) is 12.2 Å². The van der Waals surface area contributed by atoms with Crippen LogP contribution in [0.25, 0.3) is 0 Å². The van der Waals surface area contributed by atoms with Crippen LogP contribution in [0.1, 0.15) is 201 Å². The highest BCUT2D eigenvalue weighted by Gasteiger charge is 2.41. The molecule has 0 heterocycles. The largest absolute Gasteiger partial charge is 0.469 e. The first-order valence-corrected chi connectivity index (χ1v) is 24.5. The Bertz CT molecular complexity index is 1140. The summed E-state index contributed by atoms with van der Waals surface area (Å²) in [7, 11) is -4.84. The molecule has 58 heavy (non-hydrogen) atoms. The minimum atomic E-state index is -4.84. The quantitative estimate of drug-likeness (QED) is 0.0171. The lowest BCUT2D eigenvalue weighted by molar-refractivity contribution is -0.161. The summed E-state index contributed by atoms with van der Waals surface area (Å²) in [5.74, 6) is -1.32. The van der Waals surface area contributed by atoms with Crippen LogP contribution >= 0.6 is 7.82 Å². The van der Waals surface area contributed by atoms with Gasteiger partial charge in [0.1, 0.15) is 12.4 Å². The van der Waals surface area contributed by atoms with Gasteiger partial charge >= 0.3 is 19.8 Å². The summed E-state index contributed by atoms with van der Waals surface area (Å²) in [5, 5.41) is 31.2. The molecule has 12 nitrogen and oxygen atoms in total. The normalized spacial score (nSPS) is 19.5. The number of unbranched alkanes of at least 4 members (excludes halogenated alkanes) is 18. The highest BCUT2D eigenvalue weighted by Crippen LogP contribution is 2.37. The standard InChI is InChI=1S/C45H83O12P/c1-4-5-20-26-37(46)30-31-40-41(43(49)33-42(40)48)32-38(47)27-23-24-28-44(50)55-34-39(35-56-58(52,53)54)57-45(51)29-22-19-17-15-13-11-9-7-6-8-10-12-14-16-18-21-25-36(2)3/h30-31,36-37,39-43,46,48-49H,4-29,32-35H2,1-3H3,(H2,52,53,54)/b31-30+/t37-,39+,40+,41+,42+,43-/m0/s1. The Balaban J connectivity index is 2.24. The van der Waals surface area contributed by atoms with Gasteiger partial charge in [-0.3, -0.25) is 18.9 Å². The number of hydrogen-bond acceptors (Lipinski definition) is 10. The van der Waals surface area contributed by atoms with Gasteiger partial charge in [-0.2, -0.15) is 0 Å². The summed E-state index contributed by atoms with van der Waals surface area (Å²) in [6, 6.07) is 0. The van der Waals surface area contributed by atoms with E-state index < -0.39 is 69.2 Å². The number of Topliss-reactive ketones (excluding diaryl/α,β-unsaturated/α-hetero) is 1. The summed E-state index contributed by atoms with van der Waals surface area (Å²) in [4.78, 5) is 55.9. The molecule has 0 unspecified atom stereocenters. The van der Waals surface area contributed by atoms with E-state index in [4.69, 9.17) is 19.3 Å². The molecule has 0 aromatic carbocycles. The minimum absolute atomic E-state index is 0.0157. The van der Waals surface area contributed by atoms with Crippen molar-refractivity contribution in [2.24, 2.45) is 17.8 Å². The first kappa shape index (κ1) is 54.4. The molecular weight excluding hydrogens is 763 g/mol. The molecule has 0 aliphatic heterocycles. The van der Waals surface area contributed by atoms with Crippen molar-refractivity contribution >= 4 is 25.5 Å². The predicted octanol–water partition coefficient (Wildman–Crippen LogP) is 9.60. The average molecular weight is 847 g/mol. The highest BCUT2D eigenvalue weighted by molar-refractivity contribution is 7.46. The Morgan fingerprint density at radius 2 is 1.17 bits per heavy atom. The number of phosphoric ester groups is 1. The second-order valence-electron chi connectivity index (χ2n) is 17.2. The van der Waals surface area contributed by atoms with E-state index >= 15 is 0 Å². The van der Waals surface area contributed by atoms with E-state index in [9.17, 15) is 34.3 Å². The minimum Gasteiger partial charge on any atom is -0.462 e. The lowest BCUT2D eigenvalue weighted by Gasteiger charge is -2.20. The molecule has 1 rings (SSSR count). The highest BCUT2D eigenvalue weighted by atomic mass is 31.2. The second-order valence-corrected chi connectivity index (χ2v) is 18.4. The summed E-state index contributed by atoms with van der Waals surface area (Å²) < 4.78 is 26.4. The summed E-state index contributed by atoms with van der Waals surface area (Å²) >= 11 is 0. The van der Waals surface area contributed by atoms with E-state index in [1.54, 1.807) is 12.2 Å². The molecule has 340 valence electrons. The van der Waals surface area contributed by atoms with Crippen LogP contribution in [0.2, 0.25) is 0 Å². The molecule has 1 saturated carbocycles. The van der Waals surface area contributed by atoms with Crippen LogP contribution in [0.3, 0.4) is 0 Å². The molecule has 1 fully saturated rings. The third kappa shape index (κ3) is 30.4. The molecule has 0 radical (unpaired) electrons. The molecule has 0 aromatic heterocycles. The van der Waals surface area contributed by atoms with Gasteiger partial charge in [-0.1, -0.05) is 155 Å². The SMILES string of the molecule is CCCCC[C@H](O)/C=C/[C@@H]1[C@@H](CC(=O)CCCCC(=O)OC[C@H](COP(=O)(O)O)OC(=O)CCCCCCCCCCCCCCCCCCC(C)C)[C@@H](O)C[C@H]1O. The van der Waals surface area contributed by atoms with Crippen LogP contribution in [0.4, 0.5) is 0 Å². The Morgan fingerprint density at radius 1 is 0.672 bits per heavy atom. The Morgan fingerprint density at radius 3 is 1.72 bits per heavy atom. The molecule has 0 amide bonds. The number of phosphoric acid groups is 1. The van der Waals surface area contributed by atoms with Crippen molar-refractivity contribution in [2.75, 3.05) is 13.2 Å². The van der Waals surface area contributed by atoms with E-state index in [1.807, 2.05) is 0 Å². The summed E-state index contributed by atoms with van der Waals surface area (Å²) in [5.41, 5.74) is 0. The van der Waals surface area contributed by atoms with Gasteiger partial charge in [-0.15, -0.1) is 0 Å². The van der Waals surface area contributed by atoms with Crippen molar-refractivity contribution in [3.05, 3.63) is 12.2 Å². The number of ether oxygens (including phenoxy) is 2. The van der Waals surface area contributed by atoms with Crippen molar-refractivity contribution in [1.82, 2.24) is 0 Å². The number of carbonyl (C=O) groups is 3. The Kier molecular flexibility index (Phi) is 31.9. The number of aliphatic hydroxyl groups excluding tert-OH is 3. The maximum atomic E-state index is 12.8. The van der Waals surface area contributed by atoms with E-state index in [1.165, 1.54) is 83.5 Å². The second kappa shape index (κ2) is 34.0. The first-order chi connectivity index (χ1) is 27.7. The predicted molar refractivity (Wildman–Crippen MR) is 228 cm³/mol. The van der Waals surface area contributed by atoms with Gasteiger partial charge in [0.25, 0.3) is 0 Å². The topological polar surface area (TPSA) is 197 Å². The van der Waals surface area contributed by atoms with Crippen LogP contribution in [-0.4, -0.2) is 80.5 Å². The number of rotatable bonds is 38. The number of hydrogen-bond donors (Lipinski definition) is 5. The van der Waals surface area contributed by atoms with E-state index in [0.717, 1.165) is 44.4 Å². The lowest BCUT2D eigenvalue weighted by atomic mass is 9.87. The summed E-state index contributed by atoms with van der Waals surface area (Å²) in [6.07, 6.45) is 25.7. The number of carbonyl (C=O) groups excluding carboxylic acids is 3. The monoisotopic (exact) mass is 847 g/mol. The zero-order valence-electron chi connectivity index (χ0n) is 36.5. The van der Waals surface area contributed by atoms with Gasteiger partial charge in [0, 0.05) is 43.9 Å². The molecule has 5 N–H and O–H groups in total. The van der Waals surface area contributed by atoms with Crippen molar-refractivity contribution in [1.29, 1.82) is 0 Å². The van der Waals surface area contributed by atoms with Gasteiger partial charge < -0.3 is 34.6 Å². The van der Waals surface area contributed by atoms with Crippen molar-refractivity contribution in [2.45, 2.75) is 225 Å². The van der Waals surface area contributed by atoms with Crippen LogP contribution in [-0.2, 0) is 32.9 Å². The van der Waals surface area contributed by atoms with Gasteiger partial charge in [-0.25, -0.2) is 4.57 Å². The molecule has 6 atom stereocenters. The number of ketones is 1. The van der Waals surface area contributed by atoms with E-state index in [0.29, 0.717) is 25.7 Å². The van der Waals surface area contributed by atoms with Crippen molar-refractivity contribution in [3.63, 3.8) is 0 Å². The zero-order chi connectivity index (χ0) is 43.0. The van der Waals surface area contributed by atoms with E-state index in [-0.39, 0.29) is 37.9 Å². The molecular formula is C45H83O12P. The van der Waals surface area contributed by atoms with E-state index in [2.05, 4.69) is 25.3 Å². The molecule has 0 bridgehead atoms. The van der Waals surface area contributed by atoms with Gasteiger partial charge in [0.05, 0.1) is 24.9 Å². The molecule has 13 heteroatoms. The summed E-state index contributed by atoms with van der Waals surface area (Å²) in [6.45, 7) is 5.62. The van der Waals surface area contributed by atoms with Crippen LogP contribution in [0.5, 0.6) is 0 Å². The third-order valence-corrected chi connectivity index (χ3v) is 11.7. The van der Waals surface area contributed by atoms with Gasteiger partial charge in [0.15, 0.2) is 6.10 Å². The molecule has 0 aromatic rings. The Labute approximate surface area is 350 Å². The Hall–Kier alpha value is -1.66. The molecule has 1 aliphatic rings. The van der Waals surface area contributed by atoms with Crippen LogP contribution < -0.4 is 0 Å². The zero-order valence-corrected chi connectivity index (χ0v) is 37.3. The van der Waals surface area contributed by atoms with Gasteiger partial charge in [0.2, 0.25) is 0 Å². The third-order valence-electron chi connectivity index (χ3n) is 11.2. The average Bonchev–Trinajstić information content (AvgIpc) is 3.42. The fourth-order valence-corrected chi connectivity index (χ4v) is 8.03. The fraction of sp³-hybridized carbons (Fsp3) is 0.889. The van der Waals surface area contributed by atoms with Crippen molar-refractivity contribution < 1.29 is 58.1 Å². The smallest absolute Gasteiger partial charge is 0.462 e. The number of esters is 2. The maximum absolute atomic E-state index is 12.8. The molecule has 1 aliphatic carbocycles. The maximum Gasteiger partial charge on any atom is 0.469 e. The van der Waals surface area contributed by atoms with Crippen molar-refractivity contribution in [3.8, 4) is 0 Å². The van der Waals surface area contributed by atoms with Gasteiger partial charge in [-0.05, 0) is 31.6 Å².